The van der Waals surface area contributed by atoms with Gasteiger partial charge in [0.15, 0.2) is 0 Å². The molecular formula is C20H18N3O. The molecule has 0 saturated heterocycles. The Balaban J connectivity index is 1.49. The van der Waals surface area contributed by atoms with E-state index in [1.807, 2.05) is 18.2 Å². The van der Waals surface area contributed by atoms with Crippen LogP contribution in [0.1, 0.15) is 24.0 Å². The van der Waals surface area contributed by atoms with Crippen LogP contribution in [0.4, 0.5) is 0 Å². The Morgan fingerprint density at radius 2 is 1.83 bits per heavy atom. The highest BCUT2D eigenvalue weighted by Gasteiger charge is 2.30. The predicted molar refractivity (Wildman–Crippen MR) is 90.9 cm³/mol. The fourth-order valence-corrected chi connectivity index (χ4v) is 4.00. The van der Waals surface area contributed by atoms with E-state index in [2.05, 4.69) is 39.7 Å². The summed E-state index contributed by atoms with van der Waals surface area (Å²) in [7, 11) is 0. The third kappa shape index (κ3) is 2.42. The van der Waals surface area contributed by atoms with Crippen LogP contribution in [0.3, 0.4) is 0 Å². The normalized spacial score (nSPS) is 22.2. The number of benzene rings is 1. The molecule has 1 fully saturated rings. The van der Waals surface area contributed by atoms with Crippen molar-refractivity contribution in [1.82, 2.24) is 15.1 Å². The lowest BCUT2D eigenvalue weighted by molar-refractivity contribution is 0.431. The second-order valence-electron chi connectivity index (χ2n) is 6.82. The molecule has 3 aromatic rings. The van der Waals surface area contributed by atoms with Crippen molar-refractivity contribution >= 4 is 0 Å². The van der Waals surface area contributed by atoms with Crippen molar-refractivity contribution in [2.75, 3.05) is 0 Å². The fourth-order valence-electron chi connectivity index (χ4n) is 4.00. The Morgan fingerprint density at radius 1 is 0.958 bits per heavy atom. The highest BCUT2D eigenvalue weighted by Crippen LogP contribution is 2.39. The van der Waals surface area contributed by atoms with E-state index >= 15 is 0 Å². The van der Waals surface area contributed by atoms with Gasteiger partial charge in [0.1, 0.15) is 5.69 Å². The topological polar surface area (TPSA) is 51.8 Å². The molecule has 119 valence electrons. The zero-order chi connectivity index (χ0) is 15.9. The van der Waals surface area contributed by atoms with Crippen LogP contribution in [-0.4, -0.2) is 15.1 Å². The summed E-state index contributed by atoms with van der Waals surface area (Å²) in [6, 6.07) is 12.3. The molecule has 2 unspecified atom stereocenters. The molecule has 4 heteroatoms. The minimum absolute atomic E-state index is 0.466. The average Bonchev–Trinajstić information content (AvgIpc) is 3.22. The number of pyridine rings is 1. The lowest BCUT2D eigenvalue weighted by Gasteiger charge is -2.13. The molecule has 2 bridgehead atoms. The van der Waals surface area contributed by atoms with Gasteiger partial charge in [-0.15, -0.1) is 0 Å². The summed E-state index contributed by atoms with van der Waals surface area (Å²) in [6.45, 7) is 0. The molecule has 0 N–H and O–H groups in total. The Bertz CT molecular complexity index is 872. The van der Waals surface area contributed by atoms with Crippen LogP contribution in [0, 0.1) is 18.3 Å². The van der Waals surface area contributed by atoms with Gasteiger partial charge in [-0.2, -0.15) is 4.98 Å². The standard InChI is InChI=1S/C20H18N3O/c1-2-8-21-18(3-1)20-22-19(23-24-20)16-7-6-15-10-13-4-5-14(9-13)11-17(15)12-16/h1-3,6-9,12-14H,4-5,10-11H2. The first-order valence-electron chi connectivity index (χ1n) is 8.57. The van der Waals surface area contributed by atoms with Crippen molar-refractivity contribution in [3.8, 4) is 23.0 Å². The number of hydrogen-bond donors (Lipinski definition) is 0. The highest BCUT2D eigenvalue weighted by molar-refractivity contribution is 5.60. The SMILES string of the molecule is [CH]1C2CCC1Cc1cc(-c3noc(-c4ccccn4)n3)ccc1C2. The second kappa shape index (κ2) is 5.55. The molecule has 5 rings (SSSR count). The van der Waals surface area contributed by atoms with Gasteiger partial charge in [-0.05, 0) is 73.3 Å². The van der Waals surface area contributed by atoms with Crippen molar-refractivity contribution in [2.24, 2.45) is 11.8 Å². The van der Waals surface area contributed by atoms with Gasteiger partial charge in [-0.1, -0.05) is 23.4 Å². The third-order valence-electron chi connectivity index (χ3n) is 5.19. The van der Waals surface area contributed by atoms with Gasteiger partial charge in [0, 0.05) is 11.8 Å². The van der Waals surface area contributed by atoms with Crippen LogP contribution < -0.4 is 0 Å². The van der Waals surface area contributed by atoms with E-state index in [1.165, 1.54) is 30.4 Å². The first-order chi connectivity index (χ1) is 11.8. The van der Waals surface area contributed by atoms with Crippen LogP contribution >= 0.6 is 0 Å². The van der Waals surface area contributed by atoms with Gasteiger partial charge >= 0.3 is 0 Å². The fraction of sp³-hybridized carbons (Fsp3) is 0.300. The summed E-state index contributed by atoms with van der Waals surface area (Å²) in [5.41, 5.74) is 4.66. The molecule has 0 spiro atoms. The zero-order valence-electron chi connectivity index (χ0n) is 13.4. The molecule has 0 aliphatic heterocycles. The second-order valence-corrected chi connectivity index (χ2v) is 6.82. The molecule has 24 heavy (non-hydrogen) atoms. The molecule has 2 heterocycles. The van der Waals surface area contributed by atoms with Gasteiger partial charge < -0.3 is 4.52 Å². The van der Waals surface area contributed by atoms with E-state index in [4.69, 9.17) is 4.52 Å². The van der Waals surface area contributed by atoms with Crippen molar-refractivity contribution in [2.45, 2.75) is 25.7 Å². The van der Waals surface area contributed by atoms with Crippen molar-refractivity contribution < 1.29 is 4.52 Å². The molecule has 0 amide bonds. The van der Waals surface area contributed by atoms with Crippen LogP contribution in [-0.2, 0) is 12.8 Å². The molecule has 2 aliphatic rings. The van der Waals surface area contributed by atoms with E-state index in [0.717, 1.165) is 23.8 Å². The number of hydrogen-bond acceptors (Lipinski definition) is 4. The van der Waals surface area contributed by atoms with Crippen LogP contribution in [0.5, 0.6) is 0 Å². The highest BCUT2D eigenvalue weighted by atomic mass is 16.5. The maximum absolute atomic E-state index is 5.39. The van der Waals surface area contributed by atoms with E-state index in [1.54, 1.807) is 6.20 Å². The molecule has 1 aromatic carbocycles. The number of aromatic nitrogens is 3. The van der Waals surface area contributed by atoms with Gasteiger partial charge in [0.25, 0.3) is 5.89 Å². The Kier molecular flexibility index (Phi) is 3.21. The first-order valence-corrected chi connectivity index (χ1v) is 8.57. The molecule has 2 aromatic heterocycles. The molecule has 2 aliphatic carbocycles. The monoisotopic (exact) mass is 316 g/mol. The van der Waals surface area contributed by atoms with Gasteiger partial charge in [0.05, 0.1) is 0 Å². The Labute approximate surface area is 140 Å². The van der Waals surface area contributed by atoms with Crippen molar-refractivity contribution in [1.29, 1.82) is 0 Å². The van der Waals surface area contributed by atoms with Crippen molar-refractivity contribution in [3.05, 3.63) is 60.1 Å². The molecule has 2 atom stereocenters. The van der Waals surface area contributed by atoms with E-state index in [0.29, 0.717) is 17.4 Å². The van der Waals surface area contributed by atoms with Crippen LogP contribution in [0.2, 0.25) is 0 Å². The van der Waals surface area contributed by atoms with Gasteiger partial charge in [-0.25, -0.2) is 0 Å². The summed E-state index contributed by atoms with van der Waals surface area (Å²) < 4.78 is 5.39. The lowest BCUT2D eigenvalue weighted by Crippen LogP contribution is -2.02. The average molecular weight is 316 g/mol. The quantitative estimate of drug-likeness (QED) is 0.713. The first kappa shape index (κ1) is 13.9. The summed E-state index contributed by atoms with van der Waals surface area (Å²) >= 11 is 0. The lowest BCUT2D eigenvalue weighted by atomic mass is 9.92. The summed E-state index contributed by atoms with van der Waals surface area (Å²) in [4.78, 5) is 8.79. The molecule has 1 saturated carbocycles. The number of nitrogens with zero attached hydrogens (tertiary/aromatic N) is 3. The Morgan fingerprint density at radius 3 is 2.67 bits per heavy atom. The largest absolute Gasteiger partial charge is 0.332 e. The Hall–Kier alpha value is -2.49. The molecular weight excluding hydrogens is 298 g/mol. The van der Waals surface area contributed by atoms with Gasteiger partial charge in [-0.3, -0.25) is 4.98 Å². The number of fused-ring (bicyclic) bond motifs is 3. The van der Waals surface area contributed by atoms with E-state index in [9.17, 15) is 0 Å². The van der Waals surface area contributed by atoms with E-state index in [-0.39, 0.29) is 0 Å². The minimum Gasteiger partial charge on any atom is -0.332 e. The maximum atomic E-state index is 5.39. The van der Waals surface area contributed by atoms with Crippen LogP contribution in [0.25, 0.3) is 23.0 Å². The zero-order valence-corrected chi connectivity index (χ0v) is 13.4. The summed E-state index contributed by atoms with van der Waals surface area (Å²) in [5.74, 6) is 2.61. The van der Waals surface area contributed by atoms with Crippen LogP contribution in [0.15, 0.2) is 47.1 Å². The minimum atomic E-state index is 0.466. The molecule has 1 radical (unpaired) electrons. The molecule has 4 nitrogen and oxygen atoms in total. The smallest absolute Gasteiger partial charge is 0.276 e. The van der Waals surface area contributed by atoms with Gasteiger partial charge in [0.2, 0.25) is 5.82 Å². The van der Waals surface area contributed by atoms with E-state index < -0.39 is 0 Å². The summed E-state index contributed by atoms with van der Waals surface area (Å²) in [5, 5.41) is 4.15. The van der Waals surface area contributed by atoms with Crippen molar-refractivity contribution in [3.63, 3.8) is 0 Å². The predicted octanol–water partition coefficient (Wildman–Crippen LogP) is 4.13. The maximum Gasteiger partial charge on any atom is 0.276 e. The number of rotatable bonds is 2. The third-order valence-corrected chi connectivity index (χ3v) is 5.19. The summed E-state index contributed by atoms with van der Waals surface area (Å²) in [6.07, 6.45) is 9.30.